The summed E-state index contributed by atoms with van der Waals surface area (Å²) >= 11 is 0. The van der Waals surface area contributed by atoms with E-state index in [0.29, 0.717) is 5.82 Å². The second-order valence-corrected chi connectivity index (χ2v) is 13.6. The fourth-order valence-electron chi connectivity index (χ4n) is 7.93. The number of aromatic nitrogens is 3. The Morgan fingerprint density at radius 3 is 1.74 bits per heavy atom. The van der Waals surface area contributed by atoms with E-state index in [4.69, 9.17) is 15.0 Å². The van der Waals surface area contributed by atoms with Gasteiger partial charge in [-0.2, -0.15) is 0 Å². The van der Waals surface area contributed by atoms with Gasteiger partial charge in [0.1, 0.15) is 0 Å². The summed E-state index contributed by atoms with van der Waals surface area (Å²) in [5.41, 5.74) is 15.4. The molecule has 2 aliphatic rings. The van der Waals surface area contributed by atoms with Crippen LogP contribution in [0.1, 0.15) is 48.9 Å². The van der Waals surface area contributed by atoms with E-state index in [9.17, 15) is 0 Å². The van der Waals surface area contributed by atoms with Gasteiger partial charge < -0.3 is 0 Å². The van der Waals surface area contributed by atoms with E-state index in [1.165, 1.54) is 44.2 Å². The normalized spacial score (nSPS) is 12.8. The van der Waals surface area contributed by atoms with Crippen molar-refractivity contribution >= 4 is 33.8 Å². The maximum atomic E-state index is 5.47. The molecule has 0 aliphatic heterocycles. The van der Waals surface area contributed by atoms with E-state index in [2.05, 4.69) is 140 Å². The topological polar surface area (TPSA) is 38.7 Å². The molecular formula is C51H39N3. The van der Waals surface area contributed by atoms with Crippen molar-refractivity contribution in [2.45, 2.75) is 39.5 Å². The van der Waals surface area contributed by atoms with E-state index >= 15 is 0 Å². The van der Waals surface area contributed by atoms with Crippen LogP contribution in [0.15, 0.2) is 140 Å². The maximum Gasteiger partial charge on any atom is 0.160 e. The first-order valence-corrected chi connectivity index (χ1v) is 19.1. The molecule has 3 heteroatoms. The fraction of sp³-hybridized carbons (Fsp3) is 0.118. The molecule has 0 amide bonds. The summed E-state index contributed by atoms with van der Waals surface area (Å²) in [6.45, 7) is 4.00. The van der Waals surface area contributed by atoms with Crippen LogP contribution in [0, 0.1) is 12.1 Å². The molecule has 0 bridgehead atoms. The van der Waals surface area contributed by atoms with Crippen LogP contribution < -0.4 is 0 Å². The molecule has 3 nitrogen and oxygen atoms in total. The van der Waals surface area contributed by atoms with Crippen molar-refractivity contribution in [1.82, 2.24) is 15.0 Å². The molecule has 258 valence electrons. The number of fused-ring (bicyclic) bond motifs is 8. The molecule has 0 radical (unpaired) electrons. The summed E-state index contributed by atoms with van der Waals surface area (Å²) < 4.78 is 0. The van der Waals surface area contributed by atoms with Gasteiger partial charge in [0.2, 0.25) is 0 Å². The third-order valence-corrected chi connectivity index (χ3v) is 10.5. The highest BCUT2D eigenvalue weighted by Gasteiger charge is 2.23. The van der Waals surface area contributed by atoms with Crippen molar-refractivity contribution in [3.05, 3.63) is 174 Å². The van der Waals surface area contributed by atoms with E-state index in [0.717, 1.165) is 75.9 Å². The van der Waals surface area contributed by atoms with Crippen LogP contribution in [0.2, 0.25) is 0 Å². The summed E-state index contributed by atoms with van der Waals surface area (Å²) in [7, 11) is 0. The second kappa shape index (κ2) is 14.4. The molecular weight excluding hydrogens is 655 g/mol. The average molecular weight is 694 g/mol. The molecule has 0 atom stereocenters. The standard InChI is InChI=1S/C49H33N3.C2H6/c1-3-13-32(14-4-1)33-23-25-34(26-24-33)44-31-45(51-49(50-44)37-15-5-2-6-16-37)35-27-29-36(30-28-35)47-43-22-12-10-20-41(43)46-40-19-9-7-17-38(40)39-18-8-11-21-42(39)48(46)52-47;1-2/h1-6,9-16,19-27,29,31H,7-8,17-18H2;1-2H3. The number of pyridine rings is 1. The van der Waals surface area contributed by atoms with Crippen LogP contribution in [0.25, 0.3) is 90.1 Å². The molecule has 0 saturated carbocycles. The Morgan fingerprint density at radius 1 is 0.481 bits per heavy atom. The minimum Gasteiger partial charge on any atom is -0.246 e. The summed E-state index contributed by atoms with van der Waals surface area (Å²) in [6, 6.07) is 51.2. The van der Waals surface area contributed by atoms with Gasteiger partial charge in [0.25, 0.3) is 0 Å². The third kappa shape index (κ3) is 5.96. The predicted octanol–water partition coefficient (Wildman–Crippen LogP) is 13.1. The minimum absolute atomic E-state index is 0.676. The van der Waals surface area contributed by atoms with Crippen LogP contribution in [0.4, 0.5) is 0 Å². The number of hydrogen-bond donors (Lipinski definition) is 0. The molecule has 2 aromatic heterocycles. The van der Waals surface area contributed by atoms with Crippen molar-refractivity contribution in [1.29, 1.82) is 0 Å². The minimum atomic E-state index is 0.676. The fourth-order valence-corrected chi connectivity index (χ4v) is 7.93. The highest BCUT2D eigenvalue weighted by atomic mass is 14.9. The lowest BCUT2D eigenvalue weighted by Crippen LogP contribution is -2.08. The number of allylic oxidation sites excluding steroid dienone is 2. The number of hydrogen-bond acceptors (Lipinski definition) is 3. The Morgan fingerprint density at radius 2 is 1.04 bits per heavy atom. The number of rotatable bonds is 5. The number of nitrogens with zero attached hydrogens (tertiary/aromatic N) is 3. The van der Waals surface area contributed by atoms with Crippen LogP contribution in [0.5, 0.6) is 0 Å². The van der Waals surface area contributed by atoms with Gasteiger partial charge in [-0.15, -0.1) is 0 Å². The molecule has 2 aliphatic carbocycles. The van der Waals surface area contributed by atoms with Gasteiger partial charge in [0.05, 0.1) is 33.7 Å². The molecule has 0 spiro atoms. The van der Waals surface area contributed by atoms with Gasteiger partial charge in [-0.3, -0.25) is 0 Å². The lowest BCUT2D eigenvalue weighted by atomic mass is 9.81. The molecule has 0 fully saturated rings. The maximum absolute atomic E-state index is 5.47. The zero-order chi connectivity index (χ0) is 36.4. The average Bonchev–Trinajstić information content (AvgIpc) is 3.27. The molecule has 0 saturated heterocycles. The van der Waals surface area contributed by atoms with Gasteiger partial charge in [-0.1, -0.05) is 159 Å². The van der Waals surface area contributed by atoms with Crippen LogP contribution in [-0.2, 0) is 12.8 Å². The van der Waals surface area contributed by atoms with Gasteiger partial charge >= 0.3 is 0 Å². The highest BCUT2D eigenvalue weighted by Crippen LogP contribution is 2.42. The Kier molecular flexibility index (Phi) is 8.87. The largest absolute Gasteiger partial charge is 0.246 e. The molecule has 8 aromatic rings. The smallest absolute Gasteiger partial charge is 0.160 e. The van der Waals surface area contributed by atoms with E-state index in [-0.39, 0.29) is 0 Å². The Bertz CT molecular complexity index is 2690. The van der Waals surface area contributed by atoms with Gasteiger partial charge in [0.15, 0.2) is 5.82 Å². The first-order valence-electron chi connectivity index (χ1n) is 19.1. The van der Waals surface area contributed by atoms with Crippen LogP contribution in [0.3, 0.4) is 0 Å². The summed E-state index contributed by atoms with van der Waals surface area (Å²) in [4.78, 5) is 15.6. The molecule has 0 N–H and O–H groups in total. The van der Waals surface area contributed by atoms with E-state index in [1.807, 2.05) is 38.1 Å². The molecule has 6 aromatic carbocycles. The van der Waals surface area contributed by atoms with E-state index < -0.39 is 0 Å². The second-order valence-electron chi connectivity index (χ2n) is 13.6. The van der Waals surface area contributed by atoms with Gasteiger partial charge in [-0.25, -0.2) is 15.0 Å². The Hall–Kier alpha value is -6.63. The highest BCUT2D eigenvalue weighted by molar-refractivity contribution is 6.16. The monoisotopic (exact) mass is 693 g/mol. The quantitative estimate of drug-likeness (QED) is 0.168. The Balaban J connectivity index is 0.00000189. The first kappa shape index (κ1) is 33.2. The molecule has 0 unspecified atom stereocenters. The summed E-state index contributed by atoms with van der Waals surface area (Å²) in [6.07, 6.45) is 13.6. The molecule has 2 heterocycles. The van der Waals surface area contributed by atoms with Crippen molar-refractivity contribution < 1.29 is 0 Å². The van der Waals surface area contributed by atoms with Crippen molar-refractivity contribution in [2.24, 2.45) is 0 Å². The SMILES string of the molecule is CC.c1c(-c2cc(-c3ccc(-c4ccccc4)cc3)nc(-c3ccccc3)n2)ccc(-c2nc3c4c(c5c(c3c3ccccc23)C=CCC5)CCC=C4)c#1. The summed E-state index contributed by atoms with van der Waals surface area (Å²) in [5.74, 6) is 0.676. The lowest BCUT2D eigenvalue weighted by molar-refractivity contribution is 0.910. The zero-order valence-corrected chi connectivity index (χ0v) is 30.6. The predicted molar refractivity (Wildman–Crippen MR) is 226 cm³/mol. The van der Waals surface area contributed by atoms with Crippen molar-refractivity contribution in [3.8, 4) is 56.3 Å². The third-order valence-electron chi connectivity index (χ3n) is 10.5. The Labute approximate surface area is 317 Å². The van der Waals surface area contributed by atoms with Crippen LogP contribution >= 0.6 is 0 Å². The van der Waals surface area contributed by atoms with Crippen molar-refractivity contribution in [2.75, 3.05) is 0 Å². The van der Waals surface area contributed by atoms with Crippen LogP contribution in [-0.4, -0.2) is 15.0 Å². The van der Waals surface area contributed by atoms with Gasteiger partial charge in [0, 0.05) is 27.5 Å². The lowest BCUT2D eigenvalue weighted by Gasteiger charge is -2.24. The number of benzene rings is 5. The molecule has 10 rings (SSSR count). The summed E-state index contributed by atoms with van der Waals surface area (Å²) in [5, 5.41) is 3.62. The molecule has 54 heavy (non-hydrogen) atoms. The first-order chi connectivity index (χ1) is 26.8. The van der Waals surface area contributed by atoms with Crippen molar-refractivity contribution in [3.63, 3.8) is 0 Å². The van der Waals surface area contributed by atoms with Gasteiger partial charge in [-0.05, 0) is 77.1 Å². The zero-order valence-electron chi connectivity index (χ0n) is 30.6. The van der Waals surface area contributed by atoms with E-state index in [1.54, 1.807) is 0 Å².